The minimum atomic E-state index is -0.886. The molecule has 7 nitrogen and oxygen atoms in total. The van der Waals surface area contributed by atoms with Crippen LogP contribution in [0.15, 0.2) is 30.3 Å². The summed E-state index contributed by atoms with van der Waals surface area (Å²) < 4.78 is 0. The van der Waals surface area contributed by atoms with Gasteiger partial charge in [-0.25, -0.2) is 0 Å². The Morgan fingerprint density at radius 3 is 2.56 bits per heavy atom. The van der Waals surface area contributed by atoms with Crippen LogP contribution in [0, 0.1) is 23.2 Å². The third-order valence-corrected chi connectivity index (χ3v) is 8.55. The molecule has 0 aromatic heterocycles. The van der Waals surface area contributed by atoms with Gasteiger partial charge in [0.05, 0.1) is 6.07 Å². The number of carbonyl (C=O) groups is 2. The quantitative estimate of drug-likeness (QED) is 0.570. The van der Waals surface area contributed by atoms with Gasteiger partial charge in [0.15, 0.2) is 0 Å². The first-order valence-electron chi connectivity index (χ1n) is 13.8. The number of hydrogen-bond donors (Lipinski definition) is 1. The molecule has 1 aromatic rings. The van der Waals surface area contributed by atoms with Gasteiger partial charge in [-0.05, 0) is 44.8 Å². The largest absolute Gasteiger partial charge is 0.341 e. The number of rotatable bonds is 9. The fraction of sp³-hybridized carbons (Fsp3) is 0.690. The van der Waals surface area contributed by atoms with Crippen molar-refractivity contribution in [2.75, 3.05) is 40.3 Å². The maximum Gasteiger partial charge on any atom is 0.224 e. The third-order valence-electron chi connectivity index (χ3n) is 8.55. The van der Waals surface area contributed by atoms with Gasteiger partial charge < -0.3 is 15.1 Å². The SMILES string of the molecule is CN(C)C1CCN(C(=O)CC(CC2CCCCC2)C(=O)NC2(C#N)CCN(Cc3ccccc3)C2)C1. The van der Waals surface area contributed by atoms with Crippen LogP contribution in [0.3, 0.4) is 0 Å². The summed E-state index contributed by atoms with van der Waals surface area (Å²) in [7, 11) is 4.12. The van der Waals surface area contributed by atoms with Crippen LogP contribution in [-0.2, 0) is 16.1 Å². The molecule has 3 atom stereocenters. The minimum Gasteiger partial charge on any atom is -0.341 e. The molecule has 196 valence electrons. The van der Waals surface area contributed by atoms with Gasteiger partial charge in [-0.15, -0.1) is 0 Å². The molecule has 1 saturated carbocycles. The lowest BCUT2D eigenvalue weighted by Crippen LogP contribution is -2.52. The molecule has 2 saturated heterocycles. The van der Waals surface area contributed by atoms with Crippen molar-refractivity contribution in [2.45, 2.75) is 75.9 Å². The van der Waals surface area contributed by atoms with Gasteiger partial charge in [-0.2, -0.15) is 5.26 Å². The molecule has 0 bridgehead atoms. The molecule has 0 radical (unpaired) electrons. The van der Waals surface area contributed by atoms with Crippen molar-refractivity contribution < 1.29 is 9.59 Å². The second-order valence-corrected chi connectivity index (χ2v) is 11.5. The van der Waals surface area contributed by atoms with Crippen molar-refractivity contribution >= 4 is 11.8 Å². The van der Waals surface area contributed by atoms with E-state index in [1.807, 2.05) is 23.1 Å². The molecule has 36 heavy (non-hydrogen) atoms. The Morgan fingerprint density at radius 1 is 1.14 bits per heavy atom. The molecular formula is C29H43N5O2. The van der Waals surface area contributed by atoms with Gasteiger partial charge in [0.2, 0.25) is 11.8 Å². The van der Waals surface area contributed by atoms with Crippen molar-refractivity contribution in [3.8, 4) is 6.07 Å². The molecule has 1 aliphatic carbocycles. The van der Waals surface area contributed by atoms with E-state index in [0.29, 0.717) is 24.9 Å². The van der Waals surface area contributed by atoms with Crippen molar-refractivity contribution in [1.29, 1.82) is 5.26 Å². The van der Waals surface area contributed by atoms with Crippen molar-refractivity contribution in [1.82, 2.24) is 20.0 Å². The molecule has 2 amide bonds. The number of hydrogen-bond acceptors (Lipinski definition) is 5. The van der Waals surface area contributed by atoms with E-state index in [0.717, 1.165) is 51.9 Å². The fourth-order valence-electron chi connectivity index (χ4n) is 6.26. The van der Waals surface area contributed by atoms with E-state index in [1.54, 1.807) is 0 Å². The van der Waals surface area contributed by atoms with Crippen LogP contribution in [0.25, 0.3) is 0 Å². The predicted octanol–water partition coefficient (Wildman–Crippen LogP) is 3.41. The average Bonchev–Trinajstić information content (AvgIpc) is 3.53. The maximum absolute atomic E-state index is 13.7. The number of likely N-dealkylation sites (tertiary alicyclic amines) is 2. The first-order valence-corrected chi connectivity index (χ1v) is 13.8. The maximum atomic E-state index is 13.7. The molecule has 2 heterocycles. The monoisotopic (exact) mass is 493 g/mol. The number of nitriles is 1. The molecule has 3 aliphatic rings. The number of likely N-dealkylation sites (N-methyl/N-ethyl adjacent to an activating group) is 1. The van der Waals surface area contributed by atoms with Crippen LogP contribution < -0.4 is 5.32 Å². The number of carbonyl (C=O) groups excluding carboxylic acids is 2. The number of amides is 2. The standard InChI is InChI=1S/C29H43N5O2/c1-32(2)26-13-15-34(20-26)27(35)18-25(17-23-9-5-3-6-10-23)28(36)31-29(21-30)14-16-33(22-29)19-24-11-7-4-8-12-24/h4,7-8,11-12,23,25-26H,3,5-6,9-10,13-20,22H2,1-2H3,(H,31,36). The summed E-state index contributed by atoms with van der Waals surface area (Å²) in [6, 6.07) is 13.1. The Morgan fingerprint density at radius 2 is 1.89 bits per heavy atom. The first kappa shape index (κ1) is 26.6. The number of nitrogens with zero attached hydrogens (tertiary/aromatic N) is 4. The average molecular weight is 494 g/mol. The number of nitrogens with one attached hydrogen (secondary N) is 1. The molecule has 2 aliphatic heterocycles. The summed E-state index contributed by atoms with van der Waals surface area (Å²) in [5, 5.41) is 13.3. The molecular weight excluding hydrogens is 450 g/mol. The summed E-state index contributed by atoms with van der Waals surface area (Å²) in [5.74, 6) is 0.0952. The highest BCUT2D eigenvalue weighted by atomic mass is 16.2. The van der Waals surface area contributed by atoms with Crippen LogP contribution in [0.4, 0.5) is 0 Å². The lowest BCUT2D eigenvalue weighted by molar-refractivity contribution is -0.136. The van der Waals surface area contributed by atoms with E-state index >= 15 is 0 Å². The normalized spacial score (nSPS) is 26.2. The van der Waals surface area contributed by atoms with Crippen molar-refractivity contribution in [3.05, 3.63) is 35.9 Å². The molecule has 3 fully saturated rings. The zero-order chi connectivity index (χ0) is 25.5. The van der Waals surface area contributed by atoms with E-state index in [-0.39, 0.29) is 24.2 Å². The third kappa shape index (κ3) is 6.86. The van der Waals surface area contributed by atoms with E-state index in [4.69, 9.17) is 0 Å². The van der Waals surface area contributed by atoms with Crippen LogP contribution in [0.1, 0.15) is 63.4 Å². The van der Waals surface area contributed by atoms with Gasteiger partial charge >= 0.3 is 0 Å². The van der Waals surface area contributed by atoms with E-state index in [2.05, 4.69) is 47.4 Å². The van der Waals surface area contributed by atoms with Crippen LogP contribution in [0.5, 0.6) is 0 Å². The summed E-state index contributed by atoms with van der Waals surface area (Å²) in [6.07, 6.45) is 8.55. The molecule has 0 spiro atoms. The molecule has 4 rings (SSSR count). The highest BCUT2D eigenvalue weighted by Gasteiger charge is 2.42. The summed E-state index contributed by atoms with van der Waals surface area (Å²) in [6.45, 7) is 3.56. The second kappa shape index (κ2) is 12.2. The minimum absolute atomic E-state index is 0.0819. The summed E-state index contributed by atoms with van der Waals surface area (Å²) in [4.78, 5) is 33.3. The summed E-state index contributed by atoms with van der Waals surface area (Å²) >= 11 is 0. The predicted molar refractivity (Wildman–Crippen MR) is 141 cm³/mol. The molecule has 1 N–H and O–H groups in total. The lowest BCUT2D eigenvalue weighted by atomic mass is 9.81. The van der Waals surface area contributed by atoms with Crippen LogP contribution in [-0.4, -0.2) is 78.4 Å². The topological polar surface area (TPSA) is 79.7 Å². The highest BCUT2D eigenvalue weighted by Crippen LogP contribution is 2.32. The zero-order valence-corrected chi connectivity index (χ0v) is 22.1. The zero-order valence-electron chi connectivity index (χ0n) is 22.1. The van der Waals surface area contributed by atoms with E-state index < -0.39 is 5.54 Å². The van der Waals surface area contributed by atoms with Crippen LogP contribution >= 0.6 is 0 Å². The van der Waals surface area contributed by atoms with Crippen LogP contribution in [0.2, 0.25) is 0 Å². The van der Waals surface area contributed by atoms with Gasteiger partial charge in [-0.1, -0.05) is 62.4 Å². The van der Waals surface area contributed by atoms with Crippen molar-refractivity contribution in [3.63, 3.8) is 0 Å². The van der Waals surface area contributed by atoms with Crippen molar-refractivity contribution in [2.24, 2.45) is 11.8 Å². The Balaban J connectivity index is 1.40. The molecule has 1 aromatic carbocycles. The number of benzene rings is 1. The summed E-state index contributed by atoms with van der Waals surface area (Å²) in [5.41, 5.74) is 0.323. The second-order valence-electron chi connectivity index (χ2n) is 11.5. The molecule has 3 unspecified atom stereocenters. The van der Waals surface area contributed by atoms with Gasteiger partial charge in [0, 0.05) is 51.1 Å². The Kier molecular flexibility index (Phi) is 9.03. The smallest absolute Gasteiger partial charge is 0.224 e. The van der Waals surface area contributed by atoms with E-state index in [1.165, 1.54) is 24.8 Å². The van der Waals surface area contributed by atoms with Gasteiger partial charge in [-0.3, -0.25) is 14.5 Å². The molecule has 7 heteroatoms. The highest BCUT2D eigenvalue weighted by molar-refractivity contribution is 5.86. The van der Waals surface area contributed by atoms with Gasteiger partial charge in [0.1, 0.15) is 5.54 Å². The first-order chi connectivity index (χ1) is 17.4. The van der Waals surface area contributed by atoms with Gasteiger partial charge in [0.25, 0.3) is 0 Å². The fourth-order valence-corrected chi connectivity index (χ4v) is 6.26. The van der Waals surface area contributed by atoms with E-state index in [9.17, 15) is 14.9 Å². The lowest BCUT2D eigenvalue weighted by Gasteiger charge is -2.30. The Bertz CT molecular complexity index is 923. The Hall–Kier alpha value is -2.43. The Labute approximate surface area is 216 Å².